The number of aromatic nitrogens is 8. The summed E-state index contributed by atoms with van der Waals surface area (Å²) in [6, 6.07) is 40.3. The van der Waals surface area contributed by atoms with Gasteiger partial charge in [-0.3, -0.25) is 59.0 Å². The molecule has 8 heterocycles. The summed E-state index contributed by atoms with van der Waals surface area (Å²) in [4.78, 5) is 107. The maximum Gasteiger partial charge on any atom is 0.494 e. The summed E-state index contributed by atoms with van der Waals surface area (Å²) in [7, 11) is -0.356. The van der Waals surface area contributed by atoms with E-state index in [4.69, 9.17) is 49.7 Å². The van der Waals surface area contributed by atoms with Crippen LogP contribution in [0.4, 0.5) is 9.59 Å². The third-order valence-corrected chi connectivity index (χ3v) is 22.6. The molecule has 0 aliphatic carbocycles. The summed E-state index contributed by atoms with van der Waals surface area (Å²) in [6.45, 7) is 31.2. The first-order valence-electron chi connectivity index (χ1n) is 41.9. The zero-order chi connectivity index (χ0) is 91.6. The van der Waals surface area contributed by atoms with E-state index < -0.39 is 11.2 Å². The lowest BCUT2D eigenvalue weighted by atomic mass is 9.77. The molecule has 4 aliphatic rings. The molecule has 15 rings (SSSR count). The molecule has 2 amide bonds. The van der Waals surface area contributed by atoms with Crippen LogP contribution >= 0.6 is 43.5 Å². The van der Waals surface area contributed by atoms with E-state index in [9.17, 15) is 28.8 Å². The average molecular weight is 1920 g/mol. The molecule has 0 radical (unpaired) electrons. The Kier molecular flexibility index (Phi) is 40.2. The quantitative estimate of drug-likeness (QED) is 0.0486. The zero-order valence-electron chi connectivity index (χ0n) is 74.3. The number of nitrogens with zero attached hydrogens (tertiary/aromatic N) is 10. The van der Waals surface area contributed by atoms with Crippen LogP contribution in [0.3, 0.4) is 0 Å². The van der Waals surface area contributed by atoms with E-state index in [1.165, 1.54) is 53.3 Å². The van der Waals surface area contributed by atoms with Gasteiger partial charge in [-0.2, -0.15) is 0 Å². The highest BCUT2D eigenvalue weighted by Gasteiger charge is 2.52. The van der Waals surface area contributed by atoms with Gasteiger partial charge in [-0.15, -0.1) is 11.6 Å². The molecule has 4 aromatic heterocycles. The minimum atomic E-state index is -0.521. The number of hydrogen-bond acceptors (Lipinski definition) is 23. The van der Waals surface area contributed by atoms with Gasteiger partial charge >= 0.3 is 19.3 Å². The number of aromatic hydroxyl groups is 1. The predicted octanol–water partition coefficient (Wildman–Crippen LogP) is 20.7. The van der Waals surface area contributed by atoms with E-state index in [0.717, 1.165) is 112 Å². The highest BCUT2D eigenvalue weighted by molar-refractivity contribution is 9.11. The number of alkyl halides is 1. The Morgan fingerprint density at radius 1 is 0.431 bits per heavy atom. The fourth-order valence-electron chi connectivity index (χ4n) is 13.5. The minimum Gasteiger partial charge on any atom is -0.507 e. The van der Waals surface area contributed by atoms with E-state index in [1.54, 1.807) is 134 Å². The summed E-state index contributed by atoms with van der Waals surface area (Å²) in [6.07, 6.45) is 24.3. The number of ether oxygens (including phenoxy) is 5. The Morgan fingerprint density at radius 3 is 1.14 bits per heavy atom. The first-order valence-corrected chi connectivity index (χ1v) is 44.0. The molecule has 0 spiro atoms. The Bertz CT molecular complexity index is 5580. The number of rotatable bonds is 17. The molecular weight excluding hydrogens is 1800 g/mol. The molecule has 688 valence electrons. The number of halogens is 3. The smallest absolute Gasteiger partial charge is 0.494 e. The number of phenolic OH excluding ortho intramolecular Hbond substituents is 1. The van der Waals surface area contributed by atoms with Crippen molar-refractivity contribution in [2.75, 3.05) is 39.3 Å². The molecule has 25 nitrogen and oxygen atoms in total. The fraction of sp³-hybridized carbons (Fsp3) is 0.366. The van der Waals surface area contributed by atoms with Crippen molar-refractivity contribution in [3.63, 3.8) is 0 Å². The van der Waals surface area contributed by atoms with Gasteiger partial charge in [0.2, 0.25) is 0 Å². The first-order chi connectivity index (χ1) is 60.5. The highest BCUT2D eigenvalue weighted by Crippen LogP contribution is 2.39. The molecule has 130 heavy (non-hydrogen) atoms. The van der Waals surface area contributed by atoms with Crippen molar-refractivity contribution < 1.29 is 66.9 Å². The molecule has 1 fully saturated rings. The third kappa shape index (κ3) is 31.7. The van der Waals surface area contributed by atoms with Crippen LogP contribution in [0, 0.1) is 0 Å². The van der Waals surface area contributed by atoms with Crippen LogP contribution in [0.5, 0.6) is 23.0 Å². The molecule has 1 saturated heterocycles. The van der Waals surface area contributed by atoms with E-state index in [2.05, 4.69) is 159 Å². The van der Waals surface area contributed by atoms with Gasteiger partial charge in [0.1, 0.15) is 54.0 Å². The van der Waals surface area contributed by atoms with Crippen molar-refractivity contribution in [2.45, 2.75) is 206 Å². The molecule has 29 heteroatoms. The van der Waals surface area contributed by atoms with Gasteiger partial charge in [-0.1, -0.05) is 76.9 Å². The number of amides is 2. The monoisotopic (exact) mass is 1920 g/mol. The van der Waals surface area contributed by atoms with Gasteiger partial charge in [-0.25, -0.2) is 9.59 Å². The molecule has 0 bridgehead atoms. The van der Waals surface area contributed by atoms with Crippen LogP contribution < -0.4 is 25.0 Å². The molecule has 11 aromatic rings. The number of nitrogens with one attached hydrogen (secondary N) is 1. The second-order valence-electron chi connectivity index (χ2n) is 33.5. The predicted molar refractivity (Wildman–Crippen MR) is 517 cm³/mol. The lowest BCUT2D eigenvalue weighted by molar-refractivity contribution is 0.00578. The molecule has 0 unspecified atom stereocenters. The van der Waals surface area contributed by atoms with Gasteiger partial charge < -0.3 is 53.2 Å². The minimum absolute atomic E-state index is 0. The summed E-state index contributed by atoms with van der Waals surface area (Å²) in [5.41, 5.74) is 16.4. The molecular formula is C101H121BBr2ClN11O14. The normalized spacial score (nSPS) is 13.8. The molecule has 2 N–H and O–H groups in total. The first kappa shape index (κ1) is 106. The number of carbonyl (C=O) groups excluding carboxylic acids is 6. The van der Waals surface area contributed by atoms with Gasteiger partial charge in [0.05, 0.1) is 67.4 Å². The molecule has 0 atom stereocenters. The zero-order valence-corrected chi connectivity index (χ0v) is 78.2. The van der Waals surface area contributed by atoms with Crippen LogP contribution in [-0.2, 0) is 83.0 Å². The lowest BCUT2D eigenvalue weighted by Crippen LogP contribution is -2.41. The molecule has 4 aliphatic heterocycles. The standard InChI is InChI=1S/C28H31N3O4.C23H23N3O2.C21H32BNO4.C13H11BrN2O2.C8H7BrO2.C5H5ClN2.3CH4/c1-19(32)21-7-8-26(34-18-24-17-29-11-12-30-24)25(16-21)23-6-5-20-9-13-31(14-10-22(20)15-23)27(33)35-28(2,3)4;1-16(27)18-4-5-23(28-15-21-14-25-10-11-26-21)22(13-18)20-3-2-17-6-8-24-9-7-19(17)12-20;1-19(2,3)25-18(24)23-12-10-15-8-9-17(14-16(15)11-13-23)22-26-20(4,5)21(6,7)27-22;1-9(17)10-2-3-13(12(14)6-10)18-8-11-7-15-4-5-16-11;1-5(10)6-2-3-8(11)7(9)4-6;6-3-5-4-7-1-2-8-5;;;/h5-8,11-12,15-17H,9-10,13-14,18H2,1-4H3;2-5,10-14,24H,6-9,15H2,1H3;8-9,14H,10-13H2,1-7H3;2-7H,8H2,1H3;2-4,11H,1H3;1-2,4H,3H2;3*1H4. The van der Waals surface area contributed by atoms with Crippen molar-refractivity contribution in [1.82, 2.24) is 55.0 Å². The van der Waals surface area contributed by atoms with E-state index in [1.807, 2.05) is 71.9 Å². The highest BCUT2D eigenvalue weighted by atomic mass is 79.9. The van der Waals surface area contributed by atoms with E-state index in [0.29, 0.717) is 83.5 Å². The van der Waals surface area contributed by atoms with Crippen molar-refractivity contribution >= 4 is 91.4 Å². The molecule has 0 saturated carbocycles. The number of hydrogen-bond donors (Lipinski definition) is 2. The van der Waals surface area contributed by atoms with Gasteiger partial charge in [-0.05, 0) is 303 Å². The summed E-state index contributed by atoms with van der Waals surface area (Å²) in [5.74, 6) is 2.72. The second-order valence-corrected chi connectivity index (χ2v) is 35.5. The Labute approximate surface area is 787 Å². The van der Waals surface area contributed by atoms with Gasteiger partial charge in [0, 0.05) is 115 Å². The lowest BCUT2D eigenvalue weighted by Gasteiger charge is -2.32. The van der Waals surface area contributed by atoms with Crippen LogP contribution in [0.1, 0.15) is 217 Å². The number of ketones is 4. The SMILES string of the molecule is C.C.C.CC(=O)c1ccc(O)c(Br)c1.CC(=O)c1ccc(OCc2cnccn2)c(-c2ccc3c(c2)CCN(C(=O)OC(C)(C)C)CC3)c1.CC(=O)c1ccc(OCc2cnccn2)c(-c2ccc3c(c2)CCNCC3)c1.CC(=O)c1ccc(OCc2cnccn2)c(Br)c1.CC(C)(C)OC(=O)N1CCc2ccc(B3OC(C)(C)C(C)(C)O3)cc2CC1.ClCc1cnccn1. The Balaban J connectivity index is 0.000000223. The number of Topliss-reactive ketones (excluding diaryl/α,β-unsaturated/α-hetero) is 4. The van der Waals surface area contributed by atoms with E-state index in [-0.39, 0.29) is 88.3 Å². The topological polar surface area (TPSA) is 309 Å². The van der Waals surface area contributed by atoms with E-state index >= 15 is 0 Å². The van der Waals surface area contributed by atoms with Crippen LogP contribution in [0.25, 0.3) is 22.3 Å². The maximum atomic E-state index is 12.6. The van der Waals surface area contributed by atoms with Crippen LogP contribution in [-0.4, -0.2) is 159 Å². The second kappa shape index (κ2) is 49.5. The average Bonchev–Trinajstić information content (AvgIpc) is 1.60. The number of carbonyl (C=O) groups is 6. The van der Waals surface area contributed by atoms with Gasteiger partial charge in [0.15, 0.2) is 23.1 Å². The van der Waals surface area contributed by atoms with Gasteiger partial charge in [0.25, 0.3) is 0 Å². The largest absolute Gasteiger partial charge is 0.507 e. The number of fused-ring (bicyclic) bond motifs is 3. The molecule has 7 aromatic carbocycles. The number of benzene rings is 7. The van der Waals surface area contributed by atoms with Crippen LogP contribution in [0.15, 0.2) is 211 Å². The van der Waals surface area contributed by atoms with Crippen molar-refractivity contribution in [1.29, 1.82) is 0 Å². The fourth-order valence-corrected chi connectivity index (χ4v) is 14.5. The number of phenols is 1. The summed E-state index contributed by atoms with van der Waals surface area (Å²) < 4.78 is 42.5. The van der Waals surface area contributed by atoms with Crippen molar-refractivity contribution in [3.8, 4) is 45.3 Å². The van der Waals surface area contributed by atoms with Crippen molar-refractivity contribution in [3.05, 3.63) is 289 Å². The summed E-state index contributed by atoms with van der Waals surface area (Å²) in [5, 5.41) is 12.5. The van der Waals surface area contributed by atoms with Crippen molar-refractivity contribution in [2.24, 2.45) is 0 Å². The summed E-state index contributed by atoms with van der Waals surface area (Å²) >= 11 is 11.9. The third-order valence-electron chi connectivity index (χ3n) is 21.0. The Morgan fingerprint density at radius 2 is 0.769 bits per heavy atom. The van der Waals surface area contributed by atoms with Crippen LogP contribution in [0.2, 0.25) is 0 Å². The Hall–Kier alpha value is -11.5. The maximum absolute atomic E-state index is 12.6.